The van der Waals surface area contributed by atoms with Gasteiger partial charge in [0, 0.05) is 18.8 Å². The van der Waals surface area contributed by atoms with E-state index in [1.54, 1.807) is 12.1 Å². The van der Waals surface area contributed by atoms with Crippen LogP contribution in [-0.4, -0.2) is 39.2 Å². The molecule has 0 bridgehead atoms. The third-order valence-corrected chi connectivity index (χ3v) is 5.59. The molecule has 21 heavy (non-hydrogen) atoms. The fourth-order valence-corrected chi connectivity index (χ4v) is 3.76. The fraction of sp³-hybridized carbons (Fsp3) is 0.625. The summed E-state index contributed by atoms with van der Waals surface area (Å²) in [5.74, 6) is 0.696. The molecule has 0 saturated carbocycles. The molecule has 0 radical (unpaired) electrons. The Labute approximate surface area is 128 Å². The minimum Gasteiger partial charge on any atom is -0.330 e. The molecule has 4 nitrogen and oxygen atoms in total. The van der Waals surface area contributed by atoms with Gasteiger partial charge in [0.15, 0.2) is 9.84 Å². The average molecular weight is 310 g/mol. The van der Waals surface area contributed by atoms with E-state index in [1.807, 2.05) is 12.1 Å². The number of nitrogens with two attached hydrogens (primary N) is 1. The summed E-state index contributed by atoms with van der Waals surface area (Å²) in [6.07, 6.45) is 4.83. The van der Waals surface area contributed by atoms with Crippen LogP contribution in [0, 0.1) is 5.92 Å². The normalized spacial score (nSPS) is 22.1. The molecule has 0 spiro atoms. The van der Waals surface area contributed by atoms with Crippen molar-refractivity contribution < 1.29 is 8.42 Å². The lowest BCUT2D eigenvalue weighted by atomic mass is 9.93. The van der Waals surface area contributed by atoms with Crippen LogP contribution in [0.15, 0.2) is 29.2 Å². The van der Waals surface area contributed by atoms with Gasteiger partial charge in [-0.3, -0.25) is 4.90 Å². The van der Waals surface area contributed by atoms with Gasteiger partial charge in [0.05, 0.1) is 4.90 Å². The van der Waals surface area contributed by atoms with E-state index < -0.39 is 9.84 Å². The van der Waals surface area contributed by atoms with Crippen LogP contribution in [0.2, 0.25) is 0 Å². The molecule has 1 aromatic carbocycles. The summed E-state index contributed by atoms with van der Waals surface area (Å²) in [7, 11) is -3.11. The van der Waals surface area contributed by atoms with Crippen LogP contribution in [-0.2, 0) is 9.84 Å². The Balaban J connectivity index is 2.07. The van der Waals surface area contributed by atoms with Crippen LogP contribution in [0.4, 0.5) is 0 Å². The molecule has 1 saturated heterocycles. The molecule has 2 N–H and O–H groups in total. The molecule has 1 aliphatic rings. The predicted octanol–water partition coefficient (Wildman–Crippen LogP) is 2.21. The highest BCUT2D eigenvalue weighted by Gasteiger charge is 2.24. The largest absolute Gasteiger partial charge is 0.330 e. The Bertz CT molecular complexity index is 552. The van der Waals surface area contributed by atoms with Crippen molar-refractivity contribution in [1.29, 1.82) is 0 Å². The van der Waals surface area contributed by atoms with Crippen LogP contribution in [0.1, 0.15) is 37.8 Å². The molecule has 0 aliphatic carbocycles. The van der Waals surface area contributed by atoms with Crippen molar-refractivity contribution >= 4 is 9.84 Å². The van der Waals surface area contributed by atoms with Gasteiger partial charge < -0.3 is 5.73 Å². The number of sulfone groups is 1. The van der Waals surface area contributed by atoms with Gasteiger partial charge in [-0.2, -0.15) is 0 Å². The van der Waals surface area contributed by atoms with Gasteiger partial charge in [-0.1, -0.05) is 12.1 Å². The van der Waals surface area contributed by atoms with Crippen molar-refractivity contribution in [2.75, 3.05) is 25.9 Å². The van der Waals surface area contributed by atoms with E-state index in [9.17, 15) is 8.42 Å². The van der Waals surface area contributed by atoms with E-state index in [1.165, 1.54) is 24.7 Å². The summed E-state index contributed by atoms with van der Waals surface area (Å²) in [6.45, 7) is 5.15. The Morgan fingerprint density at radius 1 is 1.33 bits per heavy atom. The quantitative estimate of drug-likeness (QED) is 0.905. The highest BCUT2D eigenvalue weighted by atomic mass is 32.2. The number of hydrogen-bond acceptors (Lipinski definition) is 4. The Hall–Kier alpha value is -0.910. The summed E-state index contributed by atoms with van der Waals surface area (Å²) >= 11 is 0. The highest BCUT2D eigenvalue weighted by molar-refractivity contribution is 7.90. The fourth-order valence-electron chi connectivity index (χ4n) is 3.12. The van der Waals surface area contributed by atoms with E-state index in [0.717, 1.165) is 26.1 Å². The van der Waals surface area contributed by atoms with E-state index in [2.05, 4.69) is 11.8 Å². The molecule has 2 unspecified atom stereocenters. The van der Waals surface area contributed by atoms with E-state index >= 15 is 0 Å². The molecular formula is C16H26N2O2S. The topological polar surface area (TPSA) is 63.4 Å². The zero-order valence-electron chi connectivity index (χ0n) is 13.0. The maximum absolute atomic E-state index is 11.5. The van der Waals surface area contributed by atoms with E-state index in [4.69, 9.17) is 5.73 Å². The SMILES string of the molecule is CC(c1ccc(S(C)(=O)=O)cc1)N1CCCC(CCN)C1. The molecular weight excluding hydrogens is 284 g/mol. The second kappa shape index (κ2) is 6.90. The van der Waals surface area contributed by atoms with Crippen molar-refractivity contribution in [3.8, 4) is 0 Å². The van der Waals surface area contributed by atoms with Gasteiger partial charge in [-0.05, 0) is 62.9 Å². The van der Waals surface area contributed by atoms with Crippen molar-refractivity contribution in [2.45, 2.75) is 37.1 Å². The van der Waals surface area contributed by atoms with Gasteiger partial charge >= 0.3 is 0 Å². The molecule has 118 valence electrons. The number of benzene rings is 1. The second-order valence-electron chi connectivity index (χ2n) is 6.10. The van der Waals surface area contributed by atoms with Gasteiger partial charge in [0.1, 0.15) is 0 Å². The van der Waals surface area contributed by atoms with Crippen molar-refractivity contribution in [3.63, 3.8) is 0 Å². The van der Waals surface area contributed by atoms with Crippen LogP contribution in [0.25, 0.3) is 0 Å². The van der Waals surface area contributed by atoms with E-state index in [0.29, 0.717) is 16.9 Å². The first-order valence-corrected chi connectivity index (χ1v) is 9.55. The first-order valence-electron chi connectivity index (χ1n) is 7.66. The van der Waals surface area contributed by atoms with Gasteiger partial charge in [-0.15, -0.1) is 0 Å². The lowest BCUT2D eigenvalue weighted by Crippen LogP contribution is -2.37. The van der Waals surface area contributed by atoms with Crippen molar-refractivity contribution in [3.05, 3.63) is 29.8 Å². The molecule has 5 heteroatoms. The second-order valence-corrected chi connectivity index (χ2v) is 8.11. The molecule has 2 atom stereocenters. The smallest absolute Gasteiger partial charge is 0.175 e. The first kappa shape index (κ1) is 16.5. The predicted molar refractivity (Wildman–Crippen MR) is 85.9 cm³/mol. The van der Waals surface area contributed by atoms with Crippen LogP contribution >= 0.6 is 0 Å². The van der Waals surface area contributed by atoms with Crippen LogP contribution in [0.5, 0.6) is 0 Å². The van der Waals surface area contributed by atoms with Crippen LogP contribution in [0.3, 0.4) is 0 Å². The Morgan fingerprint density at radius 2 is 2.00 bits per heavy atom. The molecule has 1 fully saturated rings. The average Bonchev–Trinajstić information content (AvgIpc) is 2.46. The minimum atomic E-state index is -3.11. The minimum absolute atomic E-state index is 0.319. The van der Waals surface area contributed by atoms with E-state index in [-0.39, 0.29) is 0 Å². The molecule has 1 aromatic rings. The Morgan fingerprint density at radius 3 is 2.57 bits per heavy atom. The summed E-state index contributed by atoms with van der Waals surface area (Å²) in [6, 6.07) is 7.62. The van der Waals surface area contributed by atoms with Crippen LogP contribution < -0.4 is 5.73 Å². The molecule has 1 aliphatic heterocycles. The highest BCUT2D eigenvalue weighted by Crippen LogP contribution is 2.28. The summed E-state index contributed by atoms with van der Waals surface area (Å²) in [5.41, 5.74) is 6.85. The standard InChI is InChI=1S/C16H26N2O2S/c1-13(18-11-3-4-14(12-18)9-10-17)15-5-7-16(8-6-15)21(2,19)20/h5-8,13-14H,3-4,9-12,17H2,1-2H3. The molecule has 0 aromatic heterocycles. The van der Waals surface area contributed by atoms with Gasteiger partial charge in [0.2, 0.25) is 0 Å². The summed E-state index contributed by atoms with van der Waals surface area (Å²) < 4.78 is 23.0. The third-order valence-electron chi connectivity index (χ3n) is 4.46. The monoisotopic (exact) mass is 310 g/mol. The summed E-state index contributed by atoms with van der Waals surface area (Å²) in [5, 5.41) is 0. The zero-order chi connectivity index (χ0) is 15.5. The van der Waals surface area contributed by atoms with Crippen molar-refractivity contribution in [2.24, 2.45) is 11.7 Å². The lowest BCUT2D eigenvalue weighted by Gasteiger charge is -2.37. The summed E-state index contributed by atoms with van der Waals surface area (Å²) in [4.78, 5) is 2.87. The third kappa shape index (κ3) is 4.28. The maximum atomic E-state index is 11.5. The maximum Gasteiger partial charge on any atom is 0.175 e. The Kier molecular flexibility index (Phi) is 5.41. The number of rotatable bonds is 5. The van der Waals surface area contributed by atoms with Gasteiger partial charge in [0.25, 0.3) is 0 Å². The number of nitrogens with zero attached hydrogens (tertiary/aromatic N) is 1. The molecule has 2 rings (SSSR count). The number of hydrogen-bond donors (Lipinski definition) is 1. The molecule has 1 heterocycles. The van der Waals surface area contributed by atoms with Gasteiger partial charge in [-0.25, -0.2) is 8.42 Å². The lowest BCUT2D eigenvalue weighted by molar-refractivity contribution is 0.128. The number of piperidine rings is 1. The zero-order valence-corrected chi connectivity index (χ0v) is 13.8. The molecule has 0 amide bonds. The number of likely N-dealkylation sites (tertiary alicyclic amines) is 1. The first-order chi connectivity index (χ1) is 9.91. The van der Waals surface area contributed by atoms with Crippen molar-refractivity contribution in [1.82, 2.24) is 4.90 Å².